The first kappa shape index (κ1) is 11.5. The molecule has 0 radical (unpaired) electrons. The normalized spacial score (nSPS) is 11.6. The van der Waals surface area contributed by atoms with Crippen LogP contribution >= 0.6 is 0 Å². The average Bonchev–Trinajstić information content (AvgIpc) is 2.58. The Morgan fingerprint density at radius 1 is 1.35 bits per heavy atom. The Kier molecular flexibility index (Phi) is 2.55. The van der Waals surface area contributed by atoms with Gasteiger partial charge in [-0.1, -0.05) is 0 Å². The van der Waals surface area contributed by atoms with Gasteiger partial charge in [0.15, 0.2) is 0 Å². The predicted molar refractivity (Wildman–Crippen MR) is 60.8 cm³/mol. The number of rotatable bonds is 2. The molecule has 2 rings (SSSR count). The molecule has 0 saturated carbocycles. The molecule has 7 heteroatoms. The van der Waals surface area contributed by atoms with E-state index in [1.54, 1.807) is 18.3 Å². The van der Waals surface area contributed by atoms with Crippen LogP contribution in [0.25, 0.3) is 10.9 Å². The number of hydrogen-bond donors (Lipinski definition) is 1. The molecule has 6 nitrogen and oxygen atoms in total. The molecule has 1 aromatic carbocycles. The molecule has 1 amide bonds. The van der Waals surface area contributed by atoms with Gasteiger partial charge in [0.25, 0.3) is 0 Å². The Morgan fingerprint density at radius 2 is 2.06 bits per heavy atom. The summed E-state index contributed by atoms with van der Waals surface area (Å²) in [5.41, 5.74) is 5.57. The Balaban J connectivity index is 2.53. The van der Waals surface area contributed by atoms with Crippen LogP contribution in [-0.2, 0) is 21.3 Å². The first-order valence-corrected chi connectivity index (χ1v) is 6.10. The highest BCUT2D eigenvalue weighted by Gasteiger charge is 2.19. The maximum atomic E-state index is 11.6. The second-order valence-corrected chi connectivity index (χ2v) is 5.05. The molecule has 1 heterocycles. The zero-order valence-corrected chi connectivity index (χ0v) is 9.77. The van der Waals surface area contributed by atoms with Crippen LogP contribution in [0.5, 0.6) is 0 Å². The highest BCUT2D eigenvalue weighted by Crippen LogP contribution is 2.20. The minimum absolute atomic E-state index is 0.102. The van der Waals surface area contributed by atoms with Crippen molar-refractivity contribution in [3.63, 3.8) is 0 Å². The number of carbonyl (C=O) groups excluding carboxylic acids is 1. The SMILES string of the molecule is Cn1ccc2cc(S(=O)(=O)OC(N)=O)ccc21. The molecule has 2 N–H and O–H groups in total. The summed E-state index contributed by atoms with van der Waals surface area (Å²) < 4.78 is 29.1. The fourth-order valence-corrected chi connectivity index (χ4v) is 2.39. The molecule has 2 aromatic rings. The lowest BCUT2D eigenvalue weighted by atomic mass is 10.2. The molecule has 90 valence electrons. The Hall–Kier alpha value is -2.02. The number of hydrogen-bond acceptors (Lipinski definition) is 4. The molecule has 0 saturated heterocycles. The van der Waals surface area contributed by atoms with Crippen LogP contribution in [0.1, 0.15) is 0 Å². The molecule has 0 atom stereocenters. The molecule has 1 aromatic heterocycles. The van der Waals surface area contributed by atoms with Crippen molar-refractivity contribution in [2.45, 2.75) is 4.90 Å². The van der Waals surface area contributed by atoms with Crippen molar-refractivity contribution in [1.29, 1.82) is 0 Å². The maximum absolute atomic E-state index is 11.6. The average molecular weight is 254 g/mol. The number of fused-ring (bicyclic) bond motifs is 1. The first-order valence-electron chi connectivity index (χ1n) is 4.69. The molecule has 0 bridgehead atoms. The van der Waals surface area contributed by atoms with E-state index in [-0.39, 0.29) is 4.90 Å². The monoisotopic (exact) mass is 254 g/mol. The number of nitrogens with zero attached hydrogens (tertiary/aromatic N) is 1. The van der Waals surface area contributed by atoms with Crippen LogP contribution in [0.2, 0.25) is 0 Å². The number of aryl methyl sites for hydroxylation is 1. The third-order valence-electron chi connectivity index (χ3n) is 2.34. The quantitative estimate of drug-likeness (QED) is 0.808. The number of aromatic nitrogens is 1. The number of primary amides is 1. The van der Waals surface area contributed by atoms with E-state index in [9.17, 15) is 13.2 Å². The second kappa shape index (κ2) is 3.77. The summed E-state index contributed by atoms with van der Waals surface area (Å²) in [6.45, 7) is 0. The van der Waals surface area contributed by atoms with Crippen LogP contribution in [0.3, 0.4) is 0 Å². The fourth-order valence-electron chi connectivity index (χ4n) is 1.57. The van der Waals surface area contributed by atoms with Crippen LogP contribution in [-0.4, -0.2) is 19.1 Å². The van der Waals surface area contributed by atoms with Crippen LogP contribution in [0, 0.1) is 0 Å². The summed E-state index contributed by atoms with van der Waals surface area (Å²) in [5.74, 6) is 0. The molecule has 17 heavy (non-hydrogen) atoms. The molecule has 0 spiro atoms. The molecular weight excluding hydrogens is 244 g/mol. The van der Waals surface area contributed by atoms with E-state index in [1.807, 2.05) is 11.6 Å². The zero-order chi connectivity index (χ0) is 12.6. The van der Waals surface area contributed by atoms with Gasteiger partial charge in [0.1, 0.15) is 4.90 Å². The van der Waals surface area contributed by atoms with Crippen molar-refractivity contribution in [3.8, 4) is 0 Å². The minimum Gasteiger partial charge on any atom is -0.351 e. The van der Waals surface area contributed by atoms with E-state index in [1.165, 1.54) is 12.1 Å². The summed E-state index contributed by atoms with van der Waals surface area (Å²) in [4.78, 5) is 10.4. The highest BCUT2D eigenvalue weighted by molar-refractivity contribution is 7.87. The fraction of sp³-hybridized carbons (Fsp3) is 0.100. The van der Waals surface area contributed by atoms with Gasteiger partial charge in [-0.3, -0.25) is 0 Å². The second-order valence-electron chi connectivity index (χ2n) is 3.50. The summed E-state index contributed by atoms with van der Waals surface area (Å²) >= 11 is 0. The minimum atomic E-state index is -4.13. The van der Waals surface area contributed by atoms with E-state index < -0.39 is 16.2 Å². The number of nitrogens with two attached hydrogens (primary N) is 1. The van der Waals surface area contributed by atoms with Crippen LogP contribution in [0.15, 0.2) is 35.4 Å². The topological polar surface area (TPSA) is 91.4 Å². The van der Waals surface area contributed by atoms with Gasteiger partial charge in [-0.05, 0) is 24.3 Å². The molecule has 0 aliphatic heterocycles. The van der Waals surface area contributed by atoms with Crippen molar-refractivity contribution in [2.75, 3.05) is 0 Å². The van der Waals surface area contributed by atoms with Crippen molar-refractivity contribution in [1.82, 2.24) is 4.57 Å². The lowest BCUT2D eigenvalue weighted by Crippen LogP contribution is -2.18. The predicted octanol–water partition coefficient (Wildman–Crippen LogP) is 0.962. The summed E-state index contributed by atoms with van der Waals surface area (Å²) in [6, 6.07) is 6.18. The number of carbonyl (C=O) groups is 1. The summed E-state index contributed by atoms with van der Waals surface area (Å²) in [6.07, 6.45) is 0.453. The van der Waals surface area contributed by atoms with E-state index in [4.69, 9.17) is 0 Å². The summed E-state index contributed by atoms with van der Waals surface area (Å²) in [5, 5.41) is 0.738. The lowest BCUT2D eigenvalue weighted by molar-refractivity contribution is 0.212. The van der Waals surface area contributed by atoms with E-state index in [2.05, 4.69) is 9.92 Å². The van der Waals surface area contributed by atoms with Crippen LogP contribution < -0.4 is 5.73 Å². The highest BCUT2D eigenvalue weighted by atomic mass is 32.2. The van der Waals surface area contributed by atoms with E-state index in [0.717, 1.165) is 10.9 Å². The van der Waals surface area contributed by atoms with Crippen molar-refractivity contribution >= 4 is 27.1 Å². The van der Waals surface area contributed by atoms with Crippen molar-refractivity contribution in [3.05, 3.63) is 30.5 Å². The van der Waals surface area contributed by atoms with Crippen LogP contribution in [0.4, 0.5) is 4.79 Å². The van der Waals surface area contributed by atoms with Gasteiger partial charge in [0, 0.05) is 24.1 Å². The smallest absolute Gasteiger partial charge is 0.351 e. The van der Waals surface area contributed by atoms with Gasteiger partial charge in [-0.2, -0.15) is 8.42 Å². The third kappa shape index (κ3) is 2.09. The molecular formula is C10H10N2O4S. The van der Waals surface area contributed by atoms with Crippen molar-refractivity contribution in [2.24, 2.45) is 12.8 Å². The Morgan fingerprint density at radius 3 is 2.71 bits per heavy atom. The lowest BCUT2D eigenvalue weighted by Gasteiger charge is -2.03. The molecule has 0 unspecified atom stereocenters. The first-order chi connectivity index (χ1) is 7.90. The summed E-state index contributed by atoms with van der Waals surface area (Å²) in [7, 11) is -2.28. The van der Waals surface area contributed by atoms with Gasteiger partial charge in [-0.15, -0.1) is 0 Å². The Labute approximate surface area is 97.7 Å². The van der Waals surface area contributed by atoms with Gasteiger partial charge in [0.05, 0.1) is 0 Å². The van der Waals surface area contributed by atoms with Gasteiger partial charge < -0.3 is 14.5 Å². The largest absolute Gasteiger partial charge is 0.420 e. The van der Waals surface area contributed by atoms with Gasteiger partial charge in [-0.25, -0.2) is 4.79 Å². The maximum Gasteiger partial charge on any atom is 0.420 e. The van der Waals surface area contributed by atoms with E-state index >= 15 is 0 Å². The standard InChI is InChI=1S/C10H10N2O4S/c1-12-5-4-7-6-8(2-3-9(7)12)17(14,15)16-10(11)13/h2-6H,1H3,(H2,11,13). The number of amides is 1. The zero-order valence-electron chi connectivity index (χ0n) is 8.95. The molecule has 0 aliphatic carbocycles. The molecule has 0 fully saturated rings. The van der Waals surface area contributed by atoms with Gasteiger partial charge in [0.2, 0.25) is 0 Å². The molecule has 0 aliphatic rings. The Bertz CT molecular complexity index is 687. The van der Waals surface area contributed by atoms with E-state index in [0.29, 0.717) is 0 Å². The van der Waals surface area contributed by atoms with Crippen molar-refractivity contribution < 1.29 is 17.4 Å². The van der Waals surface area contributed by atoms with Gasteiger partial charge >= 0.3 is 16.2 Å². The third-order valence-corrected chi connectivity index (χ3v) is 3.55. The number of benzene rings is 1.